The molecule has 1 amide bonds. The molecule has 0 saturated carbocycles. The number of carboxylic acids is 2. The number of carbonyl (C=O) groups excluding carboxylic acids is 1. The topological polar surface area (TPSA) is 204 Å². The molecule has 7 N–H and O–H groups in total. The molecule has 3 rings (SSSR count). The maximum Gasteiger partial charge on any atom is 0.326 e. The summed E-state index contributed by atoms with van der Waals surface area (Å²) in [6, 6.07) is 3.33. The molecule has 0 aliphatic carbocycles. The van der Waals surface area contributed by atoms with Crippen molar-refractivity contribution >= 4 is 34.8 Å². The van der Waals surface area contributed by atoms with E-state index in [0.717, 1.165) is 5.69 Å². The number of nitrogens with two attached hydrogens (primary N) is 1. The summed E-state index contributed by atoms with van der Waals surface area (Å²) < 4.78 is 0. The van der Waals surface area contributed by atoms with Gasteiger partial charge in [0.05, 0.1) is 5.39 Å². The van der Waals surface area contributed by atoms with E-state index in [9.17, 15) is 19.2 Å². The molecule has 0 aliphatic heterocycles. The summed E-state index contributed by atoms with van der Waals surface area (Å²) in [5.74, 6) is 2.70. The maximum atomic E-state index is 12.2. The van der Waals surface area contributed by atoms with Crippen LogP contribution in [-0.2, 0) is 16.0 Å². The smallest absolute Gasteiger partial charge is 0.326 e. The summed E-state index contributed by atoms with van der Waals surface area (Å²) in [5, 5.41) is 20.5. The molecular weight excluding hydrogens is 432 g/mol. The number of H-pyrrole nitrogens is 2. The molecule has 0 spiro atoms. The second-order valence-electron chi connectivity index (χ2n) is 7.04. The molecule has 12 heteroatoms. The highest BCUT2D eigenvalue weighted by atomic mass is 16.4. The Kier molecular flexibility index (Phi) is 7.04. The van der Waals surface area contributed by atoms with E-state index in [1.165, 1.54) is 12.3 Å². The van der Waals surface area contributed by atoms with Gasteiger partial charge in [0.2, 0.25) is 5.95 Å². The summed E-state index contributed by atoms with van der Waals surface area (Å²) in [6.45, 7) is 0. The van der Waals surface area contributed by atoms with Crippen LogP contribution in [0.15, 0.2) is 29.2 Å². The van der Waals surface area contributed by atoms with Crippen molar-refractivity contribution in [2.24, 2.45) is 0 Å². The molecule has 0 bridgehead atoms. The second kappa shape index (κ2) is 10.1. The van der Waals surface area contributed by atoms with Gasteiger partial charge in [0.1, 0.15) is 17.4 Å². The summed E-state index contributed by atoms with van der Waals surface area (Å²) in [6.07, 6.45) is 1.77. The fourth-order valence-corrected chi connectivity index (χ4v) is 2.95. The number of aliphatic carboxylic acids is 2. The number of aromatic nitrogens is 4. The summed E-state index contributed by atoms with van der Waals surface area (Å²) in [7, 11) is 0. The SMILES string of the molecule is Nc1nc2[nH]c(CCC#Cc3ccc(C(=O)N[C@@H](CCC(=O)O)C(=O)O)nc3)cc2c(=O)[nH]1. The minimum Gasteiger partial charge on any atom is -0.481 e. The molecule has 0 radical (unpaired) electrons. The zero-order valence-electron chi connectivity index (χ0n) is 17.2. The van der Waals surface area contributed by atoms with Crippen LogP contribution in [0.3, 0.4) is 0 Å². The van der Waals surface area contributed by atoms with Crippen molar-refractivity contribution < 1.29 is 24.6 Å². The fourth-order valence-electron chi connectivity index (χ4n) is 2.95. The van der Waals surface area contributed by atoms with Gasteiger partial charge in [0, 0.05) is 30.3 Å². The minimum absolute atomic E-state index is 0.0165. The van der Waals surface area contributed by atoms with E-state index in [-0.39, 0.29) is 23.6 Å². The van der Waals surface area contributed by atoms with Crippen LogP contribution in [0.2, 0.25) is 0 Å². The highest BCUT2D eigenvalue weighted by Gasteiger charge is 2.22. The zero-order chi connectivity index (χ0) is 24.0. The zero-order valence-corrected chi connectivity index (χ0v) is 17.2. The molecule has 0 unspecified atom stereocenters. The van der Waals surface area contributed by atoms with Gasteiger partial charge in [-0.3, -0.25) is 19.4 Å². The first kappa shape index (κ1) is 23.0. The van der Waals surface area contributed by atoms with E-state index in [1.807, 2.05) is 0 Å². The Morgan fingerprint density at radius 1 is 1.21 bits per heavy atom. The number of aromatic amines is 2. The number of fused-ring (bicyclic) bond motifs is 1. The van der Waals surface area contributed by atoms with E-state index >= 15 is 0 Å². The van der Waals surface area contributed by atoms with Gasteiger partial charge in [-0.05, 0) is 31.0 Å². The lowest BCUT2D eigenvalue weighted by molar-refractivity contribution is -0.140. The lowest BCUT2D eigenvalue weighted by atomic mass is 10.1. The monoisotopic (exact) mass is 452 g/mol. The van der Waals surface area contributed by atoms with Crippen LogP contribution in [0.25, 0.3) is 11.0 Å². The van der Waals surface area contributed by atoms with Crippen LogP contribution in [0.1, 0.15) is 41.0 Å². The third-order valence-electron chi connectivity index (χ3n) is 4.57. The molecule has 170 valence electrons. The molecule has 33 heavy (non-hydrogen) atoms. The first-order valence-corrected chi connectivity index (χ1v) is 9.80. The van der Waals surface area contributed by atoms with Crippen molar-refractivity contribution in [3.8, 4) is 11.8 Å². The predicted octanol–water partition coefficient (Wildman–Crippen LogP) is 0.261. The van der Waals surface area contributed by atoms with Gasteiger partial charge >= 0.3 is 11.9 Å². The second-order valence-corrected chi connectivity index (χ2v) is 7.04. The third-order valence-corrected chi connectivity index (χ3v) is 4.57. The first-order chi connectivity index (χ1) is 15.7. The largest absolute Gasteiger partial charge is 0.481 e. The molecular formula is C21H20N6O6. The van der Waals surface area contributed by atoms with Crippen molar-refractivity contribution in [3.05, 3.63) is 51.7 Å². The van der Waals surface area contributed by atoms with Gasteiger partial charge in [0.15, 0.2) is 0 Å². The van der Waals surface area contributed by atoms with Gasteiger partial charge in [-0.2, -0.15) is 4.98 Å². The summed E-state index contributed by atoms with van der Waals surface area (Å²) >= 11 is 0. The number of aryl methyl sites for hydroxylation is 1. The van der Waals surface area contributed by atoms with Crippen molar-refractivity contribution in [1.29, 1.82) is 0 Å². The van der Waals surface area contributed by atoms with Crippen LogP contribution in [0.4, 0.5) is 5.95 Å². The number of nitrogens with one attached hydrogen (secondary N) is 3. The molecule has 1 atom stereocenters. The van der Waals surface area contributed by atoms with Crippen molar-refractivity contribution in [2.75, 3.05) is 5.73 Å². The third kappa shape index (κ3) is 6.17. The highest BCUT2D eigenvalue weighted by Crippen LogP contribution is 2.11. The Hall–Kier alpha value is -4.66. The maximum absolute atomic E-state index is 12.2. The van der Waals surface area contributed by atoms with Gasteiger partial charge in [0.25, 0.3) is 11.5 Å². The van der Waals surface area contributed by atoms with Gasteiger partial charge in [-0.25, -0.2) is 9.78 Å². The van der Waals surface area contributed by atoms with Crippen molar-refractivity contribution in [1.82, 2.24) is 25.3 Å². The van der Waals surface area contributed by atoms with Crippen molar-refractivity contribution in [2.45, 2.75) is 31.7 Å². The number of carbonyl (C=O) groups is 3. The van der Waals surface area contributed by atoms with Crippen LogP contribution >= 0.6 is 0 Å². The minimum atomic E-state index is -1.33. The van der Waals surface area contributed by atoms with Crippen LogP contribution < -0.4 is 16.6 Å². The quantitative estimate of drug-likeness (QED) is 0.259. The number of anilines is 1. The van der Waals surface area contributed by atoms with Crippen LogP contribution in [-0.4, -0.2) is 54.0 Å². The molecule has 3 heterocycles. The van der Waals surface area contributed by atoms with E-state index in [2.05, 4.69) is 37.1 Å². The van der Waals surface area contributed by atoms with E-state index in [1.54, 1.807) is 12.1 Å². The molecule has 0 fully saturated rings. The number of carboxylic acid groups (broad SMARTS) is 2. The number of hydrogen-bond acceptors (Lipinski definition) is 7. The number of rotatable bonds is 8. The Balaban J connectivity index is 1.57. The van der Waals surface area contributed by atoms with E-state index in [0.29, 0.717) is 29.4 Å². The van der Waals surface area contributed by atoms with Crippen LogP contribution in [0, 0.1) is 11.8 Å². The molecule has 3 aromatic heterocycles. The lowest BCUT2D eigenvalue weighted by Crippen LogP contribution is -2.41. The Bertz CT molecular complexity index is 1310. The van der Waals surface area contributed by atoms with Crippen LogP contribution in [0.5, 0.6) is 0 Å². The predicted molar refractivity (Wildman–Crippen MR) is 116 cm³/mol. The Morgan fingerprint density at radius 2 is 2.00 bits per heavy atom. The Labute approximate surface area is 186 Å². The van der Waals surface area contributed by atoms with E-state index in [4.69, 9.17) is 15.9 Å². The number of hydrogen-bond donors (Lipinski definition) is 6. The molecule has 12 nitrogen and oxygen atoms in total. The number of pyridine rings is 1. The van der Waals surface area contributed by atoms with Crippen molar-refractivity contribution in [3.63, 3.8) is 0 Å². The van der Waals surface area contributed by atoms with Gasteiger partial charge < -0.3 is 26.2 Å². The molecule has 0 aliphatic rings. The molecule has 0 saturated heterocycles. The number of nitrogens with zero attached hydrogens (tertiary/aromatic N) is 2. The fraction of sp³-hybridized carbons (Fsp3) is 0.238. The van der Waals surface area contributed by atoms with Gasteiger partial charge in [-0.1, -0.05) is 11.8 Å². The van der Waals surface area contributed by atoms with Gasteiger partial charge in [-0.15, -0.1) is 0 Å². The normalized spacial score (nSPS) is 11.4. The first-order valence-electron chi connectivity index (χ1n) is 9.80. The summed E-state index contributed by atoms with van der Waals surface area (Å²) in [4.78, 5) is 59.3. The Morgan fingerprint density at radius 3 is 2.67 bits per heavy atom. The van der Waals surface area contributed by atoms with E-state index < -0.39 is 30.3 Å². The summed E-state index contributed by atoms with van der Waals surface area (Å²) in [5.41, 5.74) is 6.92. The lowest BCUT2D eigenvalue weighted by Gasteiger charge is -2.13. The molecule has 3 aromatic rings. The molecule has 0 aromatic carbocycles. The standard InChI is InChI=1S/C21H20N6O6/c22-21-26-17-13(18(30)27-21)9-12(24-17)4-2-1-3-11-5-6-14(23-10-11)19(31)25-15(20(32)33)7-8-16(28)29/h5-6,9-10,15H,2,4,7-8H2,(H,25,31)(H,28,29)(H,32,33)(H4,22,24,26,27,30)/t15-/m0/s1. The average Bonchev–Trinajstić information content (AvgIpc) is 3.17. The average molecular weight is 452 g/mol. The number of nitrogen functional groups attached to an aromatic ring is 1. The number of amides is 1. The highest BCUT2D eigenvalue weighted by molar-refractivity contribution is 5.95.